The molecule has 164 valence electrons. The van der Waals surface area contributed by atoms with Gasteiger partial charge in [-0.1, -0.05) is 26.0 Å². The molecule has 7 heteroatoms. The second-order valence-corrected chi connectivity index (χ2v) is 10.7. The minimum atomic E-state index is -3.13. The van der Waals surface area contributed by atoms with Gasteiger partial charge in [0.2, 0.25) is 0 Å². The molecule has 0 unspecified atom stereocenters. The summed E-state index contributed by atoms with van der Waals surface area (Å²) in [4.78, 5) is 15.0. The quantitative estimate of drug-likeness (QED) is 0.660. The van der Waals surface area contributed by atoms with Crippen molar-refractivity contribution in [3.05, 3.63) is 53.0 Å². The van der Waals surface area contributed by atoms with E-state index in [4.69, 9.17) is 9.15 Å². The molecule has 1 amide bonds. The van der Waals surface area contributed by atoms with Crippen molar-refractivity contribution in [1.29, 1.82) is 0 Å². The van der Waals surface area contributed by atoms with Crippen molar-refractivity contribution in [2.24, 2.45) is 0 Å². The lowest BCUT2D eigenvalue weighted by Gasteiger charge is -2.30. The lowest BCUT2D eigenvalue weighted by atomic mass is 10.0. The molecule has 1 aliphatic heterocycles. The molecule has 0 radical (unpaired) electrons. The molecule has 0 saturated carbocycles. The molecule has 1 fully saturated rings. The highest BCUT2D eigenvalue weighted by atomic mass is 32.2. The SMILES string of the molecule is Cc1ccc(C(C)C)c(O[C@@H](C)C(=O)N(Cc2ccc(C)o2)[C@H]2CCS(=O)(=O)C2)c1. The summed E-state index contributed by atoms with van der Waals surface area (Å²) in [6.07, 6.45) is -0.314. The van der Waals surface area contributed by atoms with E-state index in [1.807, 2.05) is 44.2 Å². The van der Waals surface area contributed by atoms with Crippen LogP contribution in [0.15, 0.2) is 34.7 Å². The molecule has 0 spiro atoms. The Labute approximate surface area is 179 Å². The van der Waals surface area contributed by atoms with Gasteiger partial charge in [-0.15, -0.1) is 0 Å². The number of hydrogen-bond donors (Lipinski definition) is 0. The van der Waals surface area contributed by atoms with Crippen molar-refractivity contribution in [2.75, 3.05) is 11.5 Å². The van der Waals surface area contributed by atoms with Crippen LogP contribution in [-0.2, 0) is 21.2 Å². The van der Waals surface area contributed by atoms with Crippen LogP contribution in [0.2, 0.25) is 0 Å². The normalized spacial score (nSPS) is 19.1. The Balaban J connectivity index is 1.84. The van der Waals surface area contributed by atoms with Crippen molar-refractivity contribution in [3.63, 3.8) is 0 Å². The van der Waals surface area contributed by atoms with Crippen LogP contribution < -0.4 is 4.74 Å². The van der Waals surface area contributed by atoms with Gasteiger partial charge in [-0.25, -0.2) is 8.42 Å². The number of hydrogen-bond acceptors (Lipinski definition) is 5. The van der Waals surface area contributed by atoms with Gasteiger partial charge in [-0.05, 0) is 62.4 Å². The van der Waals surface area contributed by atoms with Crippen LogP contribution in [-0.4, -0.2) is 42.9 Å². The summed E-state index contributed by atoms with van der Waals surface area (Å²) < 4.78 is 35.9. The van der Waals surface area contributed by atoms with Gasteiger partial charge in [0.1, 0.15) is 17.3 Å². The monoisotopic (exact) mass is 433 g/mol. The molecule has 2 heterocycles. The number of ether oxygens (including phenoxy) is 1. The van der Waals surface area contributed by atoms with E-state index in [0.717, 1.165) is 16.9 Å². The largest absolute Gasteiger partial charge is 0.481 e. The van der Waals surface area contributed by atoms with Crippen LogP contribution in [0.5, 0.6) is 5.75 Å². The molecule has 1 saturated heterocycles. The Kier molecular flexibility index (Phi) is 6.60. The van der Waals surface area contributed by atoms with Gasteiger partial charge in [-0.3, -0.25) is 4.79 Å². The average molecular weight is 434 g/mol. The van der Waals surface area contributed by atoms with Crippen LogP contribution in [0.1, 0.15) is 55.8 Å². The summed E-state index contributed by atoms with van der Waals surface area (Å²) >= 11 is 0. The lowest BCUT2D eigenvalue weighted by molar-refractivity contribution is -0.141. The average Bonchev–Trinajstić information content (AvgIpc) is 3.23. The van der Waals surface area contributed by atoms with E-state index in [1.54, 1.807) is 11.8 Å². The molecular weight excluding hydrogens is 402 g/mol. The number of carbonyl (C=O) groups excluding carboxylic acids is 1. The number of benzene rings is 1. The fraction of sp³-hybridized carbons (Fsp3) is 0.522. The number of aryl methyl sites for hydroxylation is 2. The highest BCUT2D eigenvalue weighted by Crippen LogP contribution is 2.29. The Morgan fingerprint density at radius 1 is 1.20 bits per heavy atom. The molecule has 3 rings (SSSR count). The molecule has 6 nitrogen and oxygen atoms in total. The maximum absolute atomic E-state index is 13.4. The number of furan rings is 1. The van der Waals surface area contributed by atoms with E-state index < -0.39 is 15.9 Å². The number of amides is 1. The van der Waals surface area contributed by atoms with Gasteiger partial charge in [-0.2, -0.15) is 0 Å². The molecule has 0 aliphatic carbocycles. The van der Waals surface area contributed by atoms with Gasteiger partial charge >= 0.3 is 0 Å². The Morgan fingerprint density at radius 3 is 2.50 bits per heavy atom. The maximum Gasteiger partial charge on any atom is 0.264 e. The third-order valence-corrected chi connectivity index (χ3v) is 7.25. The Bertz CT molecular complexity index is 1010. The minimum Gasteiger partial charge on any atom is -0.481 e. The van der Waals surface area contributed by atoms with Gasteiger partial charge in [0.25, 0.3) is 5.91 Å². The molecule has 30 heavy (non-hydrogen) atoms. The standard InChI is InChI=1S/C23H31NO5S/c1-15(2)21-9-6-16(3)12-22(21)29-18(5)23(25)24(13-20-8-7-17(4)28-20)19-10-11-30(26,27)14-19/h6-9,12,15,18-19H,10-11,13-14H2,1-5H3/t18-,19-/m0/s1. The van der Waals surface area contributed by atoms with Crippen LogP contribution in [0, 0.1) is 13.8 Å². The van der Waals surface area contributed by atoms with Crippen LogP contribution in [0.4, 0.5) is 0 Å². The van der Waals surface area contributed by atoms with Gasteiger partial charge in [0, 0.05) is 6.04 Å². The summed E-state index contributed by atoms with van der Waals surface area (Å²) in [5.74, 6) is 2.18. The van der Waals surface area contributed by atoms with E-state index in [1.165, 1.54) is 0 Å². The van der Waals surface area contributed by atoms with E-state index in [2.05, 4.69) is 13.8 Å². The van der Waals surface area contributed by atoms with Gasteiger partial charge in [0.05, 0.1) is 18.1 Å². The molecule has 1 aromatic heterocycles. The summed E-state index contributed by atoms with van der Waals surface area (Å²) in [5, 5.41) is 0. The smallest absolute Gasteiger partial charge is 0.264 e. The van der Waals surface area contributed by atoms with Crippen molar-refractivity contribution in [1.82, 2.24) is 4.90 Å². The second-order valence-electron chi connectivity index (χ2n) is 8.49. The van der Waals surface area contributed by atoms with Crippen molar-refractivity contribution in [3.8, 4) is 5.75 Å². The fourth-order valence-electron chi connectivity index (χ4n) is 3.84. The van der Waals surface area contributed by atoms with Crippen molar-refractivity contribution in [2.45, 2.75) is 65.6 Å². The molecule has 2 atom stereocenters. The first-order valence-electron chi connectivity index (χ1n) is 10.4. The number of rotatable bonds is 7. The fourth-order valence-corrected chi connectivity index (χ4v) is 5.57. The number of nitrogens with zero attached hydrogens (tertiary/aromatic N) is 1. The zero-order valence-electron chi connectivity index (χ0n) is 18.3. The Hall–Kier alpha value is -2.28. The highest BCUT2D eigenvalue weighted by Gasteiger charge is 2.37. The molecule has 1 aromatic carbocycles. The summed E-state index contributed by atoms with van der Waals surface area (Å²) in [6, 6.07) is 9.29. The molecule has 0 bridgehead atoms. The van der Waals surface area contributed by atoms with Gasteiger partial charge < -0.3 is 14.1 Å². The van der Waals surface area contributed by atoms with E-state index in [0.29, 0.717) is 17.9 Å². The number of sulfone groups is 1. The minimum absolute atomic E-state index is 0.0210. The first kappa shape index (κ1) is 22.4. The third-order valence-electron chi connectivity index (χ3n) is 5.50. The van der Waals surface area contributed by atoms with Crippen LogP contribution >= 0.6 is 0 Å². The number of carbonyl (C=O) groups is 1. The van der Waals surface area contributed by atoms with Crippen molar-refractivity contribution >= 4 is 15.7 Å². The Morgan fingerprint density at radius 2 is 1.93 bits per heavy atom. The second kappa shape index (κ2) is 8.84. The van der Waals surface area contributed by atoms with E-state index >= 15 is 0 Å². The van der Waals surface area contributed by atoms with Crippen molar-refractivity contribution < 1.29 is 22.4 Å². The molecule has 2 aromatic rings. The molecular formula is C23H31NO5S. The topological polar surface area (TPSA) is 76.8 Å². The van der Waals surface area contributed by atoms with Gasteiger partial charge in [0.15, 0.2) is 15.9 Å². The first-order chi connectivity index (χ1) is 14.1. The lowest BCUT2D eigenvalue weighted by Crippen LogP contribution is -2.46. The zero-order valence-corrected chi connectivity index (χ0v) is 19.2. The third kappa shape index (κ3) is 5.25. The predicted molar refractivity (Wildman–Crippen MR) is 116 cm³/mol. The maximum atomic E-state index is 13.4. The first-order valence-corrected chi connectivity index (χ1v) is 12.2. The molecule has 1 aliphatic rings. The van der Waals surface area contributed by atoms with E-state index in [-0.39, 0.29) is 35.9 Å². The summed E-state index contributed by atoms with van der Waals surface area (Å²) in [7, 11) is -3.13. The summed E-state index contributed by atoms with van der Waals surface area (Å²) in [5.41, 5.74) is 2.09. The highest BCUT2D eigenvalue weighted by molar-refractivity contribution is 7.91. The zero-order chi connectivity index (χ0) is 22.1. The summed E-state index contributed by atoms with van der Waals surface area (Å²) in [6.45, 7) is 9.94. The predicted octanol–water partition coefficient (Wildman–Crippen LogP) is 4.00. The van der Waals surface area contributed by atoms with Crippen LogP contribution in [0.25, 0.3) is 0 Å². The molecule has 0 N–H and O–H groups in total. The van der Waals surface area contributed by atoms with E-state index in [9.17, 15) is 13.2 Å². The van der Waals surface area contributed by atoms with Crippen LogP contribution in [0.3, 0.4) is 0 Å².